The first-order chi connectivity index (χ1) is 3.72. The van der Waals surface area contributed by atoms with Crippen molar-refractivity contribution in [3.63, 3.8) is 0 Å². The molecule has 3 nitrogen and oxygen atoms in total. The van der Waals surface area contributed by atoms with Crippen molar-refractivity contribution in [1.29, 1.82) is 5.26 Å². The van der Waals surface area contributed by atoms with Gasteiger partial charge < -0.3 is 4.90 Å². The maximum atomic E-state index is 8.27. The number of hydrogen-bond donors (Lipinski definition) is 0. The lowest BCUT2D eigenvalue weighted by Gasteiger charge is -2.05. The molecule has 8 heavy (non-hydrogen) atoms. The molecule has 0 saturated carbocycles. The zero-order valence-electron chi connectivity index (χ0n) is 5.34. The van der Waals surface area contributed by atoms with Gasteiger partial charge in [-0.2, -0.15) is 5.26 Å². The second-order valence-electron chi connectivity index (χ2n) is 1.55. The number of amidine groups is 1. The van der Waals surface area contributed by atoms with Crippen LogP contribution in [-0.4, -0.2) is 31.9 Å². The summed E-state index contributed by atoms with van der Waals surface area (Å²) in [5.74, 6) is 0.449. The Morgan fingerprint density at radius 1 is 1.62 bits per heavy atom. The molecule has 0 aromatic rings. The van der Waals surface area contributed by atoms with E-state index in [1.165, 1.54) is 0 Å². The van der Waals surface area contributed by atoms with Gasteiger partial charge in [-0.1, -0.05) is 0 Å². The van der Waals surface area contributed by atoms with Crippen LogP contribution in [0.4, 0.5) is 0 Å². The number of rotatable bonds is 0. The lowest BCUT2D eigenvalue weighted by molar-refractivity contribution is 0.627. The SMILES string of the molecule is CN=C(C#N)N(C)C. The van der Waals surface area contributed by atoms with Crippen LogP contribution in [0.1, 0.15) is 0 Å². The molecule has 0 spiro atoms. The van der Waals surface area contributed by atoms with E-state index in [1.54, 1.807) is 26.0 Å². The summed E-state index contributed by atoms with van der Waals surface area (Å²) >= 11 is 0. The second kappa shape index (κ2) is 3.03. The molecule has 44 valence electrons. The molecule has 0 N–H and O–H groups in total. The predicted octanol–water partition coefficient (Wildman–Crippen LogP) is 0.0999. The second-order valence-corrected chi connectivity index (χ2v) is 1.55. The third-order valence-corrected chi connectivity index (χ3v) is 0.735. The van der Waals surface area contributed by atoms with Gasteiger partial charge in [-0.15, -0.1) is 0 Å². The lowest BCUT2D eigenvalue weighted by Crippen LogP contribution is -2.19. The Morgan fingerprint density at radius 2 is 2.12 bits per heavy atom. The van der Waals surface area contributed by atoms with Crippen LogP contribution < -0.4 is 0 Å². The van der Waals surface area contributed by atoms with Crippen molar-refractivity contribution in [3.8, 4) is 6.07 Å². The average molecular weight is 111 g/mol. The summed E-state index contributed by atoms with van der Waals surface area (Å²) in [6.07, 6.45) is 0. The predicted molar refractivity (Wildman–Crippen MR) is 32.7 cm³/mol. The first-order valence-corrected chi connectivity index (χ1v) is 2.26. The van der Waals surface area contributed by atoms with E-state index in [2.05, 4.69) is 4.99 Å². The zero-order valence-corrected chi connectivity index (χ0v) is 5.34. The zero-order chi connectivity index (χ0) is 6.57. The molecular weight excluding hydrogens is 102 g/mol. The van der Waals surface area contributed by atoms with Gasteiger partial charge in [-0.05, 0) is 0 Å². The van der Waals surface area contributed by atoms with Crippen LogP contribution in [-0.2, 0) is 0 Å². The van der Waals surface area contributed by atoms with Crippen molar-refractivity contribution in [2.75, 3.05) is 21.1 Å². The van der Waals surface area contributed by atoms with Crippen molar-refractivity contribution >= 4 is 5.84 Å². The van der Waals surface area contributed by atoms with Gasteiger partial charge in [0.15, 0.2) is 0 Å². The van der Waals surface area contributed by atoms with E-state index in [4.69, 9.17) is 5.26 Å². The molecule has 0 aliphatic rings. The molecule has 0 atom stereocenters. The van der Waals surface area contributed by atoms with E-state index in [1.807, 2.05) is 6.07 Å². The van der Waals surface area contributed by atoms with Gasteiger partial charge in [0.1, 0.15) is 6.07 Å². The molecule has 0 aliphatic heterocycles. The molecule has 0 radical (unpaired) electrons. The van der Waals surface area contributed by atoms with Gasteiger partial charge in [-0.3, -0.25) is 4.99 Å². The maximum absolute atomic E-state index is 8.27. The molecular formula is C5H9N3. The van der Waals surface area contributed by atoms with Crippen molar-refractivity contribution in [2.24, 2.45) is 4.99 Å². The molecule has 0 unspecified atom stereocenters. The fraction of sp³-hybridized carbons (Fsp3) is 0.600. The van der Waals surface area contributed by atoms with Crippen LogP contribution in [0.15, 0.2) is 4.99 Å². The van der Waals surface area contributed by atoms with E-state index in [-0.39, 0.29) is 0 Å². The summed E-state index contributed by atoms with van der Waals surface area (Å²) in [7, 11) is 5.16. The minimum Gasteiger partial charge on any atom is -0.354 e. The van der Waals surface area contributed by atoms with Gasteiger partial charge in [-0.25, -0.2) is 0 Å². The maximum Gasteiger partial charge on any atom is 0.203 e. The fourth-order valence-electron chi connectivity index (χ4n) is 0.350. The first-order valence-electron chi connectivity index (χ1n) is 2.26. The third-order valence-electron chi connectivity index (χ3n) is 0.735. The number of aliphatic imine (C=N–C) groups is 1. The van der Waals surface area contributed by atoms with Crippen LogP contribution in [0, 0.1) is 11.3 Å². The lowest BCUT2D eigenvalue weighted by atomic mass is 10.6. The van der Waals surface area contributed by atoms with E-state index >= 15 is 0 Å². The Hall–Kier alpha value is -1.04. The van der Waals surface area contributed by atoms with Crippen LogP contribution in [0.3, 0.4) is 0 Å². The smallest absolute Gasteiger partial charge is 0.203 e. The van der Waals surface area contributed by atoms with E-state index in [0.717, 1.165) is 0 Å². The van der Waals surface area contributed by atoms with Gasteiger partial charge in [0, 0.05) is 21.1 Å². The molecule has 0 heterocycles. The van der Waals surface area contributed by atoms with Crippen molar-refractivity contribution < 1.29 is 0 Å². The highest BCUT2D eigenvalue weighted by Gasteiger charge is 1.93. The van der Waals surface area contributed by atoms with Crippen molar-refractivity contribution in [1.82, 2.24) is 4.90 Å². The van der Waals surface area contributed by atoms with Gasteiger partial charge >= 0.3 is 0 Å². The molecule has 3 heteroatoms. The highest BCUT2D eigenvalue weighted by Crippen LogP contribution is 1.77. The summed E-state index contributed by atoms with van der Waals surface area (Å²) in [5, 5.41) is 8.27. The van der Waals surface area contributed by atoms with Gasteiger partial charge in [0.25, 0.3) is 0 Å². The Kier molecular flexibility index (Phi) is 2.63. The van der Waals surface area contributed by atoms with Crippen LogP contribution >= 0.6 is 0 Å². The van der Waals surface area contributed by atoms with Crippen LogP contribution in [0.2, 0.25) is 0 Å². The molecule has 0 aliphatic carbocycles. The van der Waals surface area contributed by atoms with Gasteiger partial charge in [0.2, 0.25) is 5.84 Å². The summed E-state index contributed by atoms with van der Waals surface area (Å²) in [4.78, 5) is 5.35. The molecule has 0 fully saturated rings. The highest BCUT2D eigenvalue weighted by atomic mass is 15.1. The Balaban J connectivity index is 3.98. The summed E-state index contributed by atoms with van der Waals surface area (Å²) in [5.41, 5.74) is 0. The summed E-state index contributed by atoms with van der Waals surface area (Å²) in [6, 6.07) is 1.93. The molecule has 0 saturated heterocycles. The normalized spacial score (nSPS) is 10.5. The van der Waals surface area contributed by atoms with Crippen molar-refractivity contribution in [3.05, 3.63) is 0 Å². The molecule has 0 aromatic carbocycles. The van der Waals surface area contributed by atoms with E-state index in [0.29, 0.717) is 5.84 Å². The Bertz CT molecular complexity index is 129. The topological polar surface area (TPSA) is 39.4 Å². The van der Waals surface area contributed by atoms with Crippen LogP contribution in [0.25, 0.3) is 0 Å². The largest absolute Gasteiger partial charge is 0.354 e. The quantitative estimate of drug-likeness (QED) is 0.328. The van der Waals surface area contributed by atoms with Crippen molar-refractivity contribution in [2.45, 2.75) is 0 Å². The first kappa shape index (κ1) is 6.96. The fourth-order valence-corrected chi connectivity index (χ4v) is 0.350. The summed E-state index contributed by atoms with van der Waals surface area (Å²) < 4.78 is 0. The minimum atomic E-state index is 0.449. The van der Waals surface area contributed by atoms with Gasteiger partial charge in [0.05, 0.1) is 0 Å². The van der Waals surface area contributed by atoms with E-state index in [9.17, 15) is 0 Å². The number of hydrogen-bond acceptors (Lipinski definition) is 2. The molecule has 0 bridgehead atoms. The van der Waals surface area contributed by atoms with Crippen LogP contribution in [0.5, 0.6) is 0 Å². The molecule has 0 rings (SSSR count). The molecule has 0 aromatic heterocycles. The monoisotopic (exact) mass is 111 g/mol. The number of nitriles is 1. The summed E-state index contributed by atoms with van der Waals surface area (Å²) in [6.45, 7) is 0. The standard InChI is InChI=1S/C5H9N3/c1-7-5(4-6)8(2)3/h1-3H3. The minimum absolute atomic E-state index is 0.449. The Morgan fingerprint density at radius 3 is 2.12 bits per heavy atom. The Labute approximate surface area is 49.2 Å². The third kappa shape index (κ3) is 1.61. The number of nitrogens with zero attached hydrogens (tertiary/aromatic N) is 3. The average Bonchev–Trinajstić information content (AvgIpc) is 1.69. The molecule has 0 amide bonds. The van der Waals surface area contributed by atoms with E-state index < -0.39 is 0 Å². The highest BCUT2D eigenvalue weighted by molar-refractivity contribution is 5.95.